The number of nitrogens with zero attached hydrogens (tertiary/aromatic N) is 2. The Morgan fingerprint density at radius 3 is 2.50 bits per heavy atom. The molecule has 2 aromatic rings. The maximum atomic E-state index is 12.2. The van der Waals surface area contributed by atoms with E-state index in [0.29, 0.717) is 36.1 Å². The lowest BCUT2D eigenvalue weighted by molar-refractivity contribution is -0.534. The van der Waals surface area contributed by atoms with Gasteiger partial charge in [0.2, 0.25) is 6.04 Å². The van der Waals surface area contributed by atoms with Crippen LogP contribution in [0.1, 0.15) is 36.9 Å². The Morgan fingerprint density at radius 1 is 1.29 bits per heavy atom. The monoisotopic (exact) mass is 384 g/mol. The van der Waals surface area contributed by atoms with Crippen molar-refractivity contribution in [2.75, 3.05) is 7.11 Å². The van der Waals surface area contributed by atoms with Gasteiger partial charge in [-0.1, -0.05) is 31.5 Å². The van der Waals surface area contributed by atoms with Gasteiger partial charge >= 0.3 is 0 Å². The minimum Gasteiger partial charge on any atom is -0.497 e. The van der Waals surface area contributed by atoms with E-state index >= 15 is 0 Å². The van der Waals surface area contributed by atoms with Gasteiger partial charge in [0.25, 0.3) is 0 Å². The Labute approximate surface area is 163 Å². The molecule has 5 atom stereocenters. The lowest BCUT2D eigenvalue weighted by Gasteiger charge is -2.32. The second-order valence-corrected chi connectivity index (χ2v) is 7.17. The van der Waals surface area contributed by atoms with Crippen LogP contribution in [0, 0.1) is 22.0 Å². The molecule has 0 saturated heterocycles. The molecule has 1 aliphatic rings. The molecule has 0 radical (unpaired) electrons. The number of pyridine rings is 1. The molecule has 1 saturated carbocycles. The van der Waals surface area contributed by atoms with E-state index in [1.54, 1.807) is 42.5 Å². The van der Waals surface area contributed by atoms with Crippen LogP contribution < -0.4 is 4.74 Å². The van der Waals surface area contributed by atoms with Crippen LogP contribution >= 0.6 is 0 Å². The first kappa shape index (κ1) is 19.9. The number of hydrogen-bond acceptors (Lipinski definition) is 6. The van der Waals surface area contributed by atoms with Crippen LogP contribution in [0.2, 0.25) is 0 Å². The molecule has 0 aliphatic heterocycles. The first-order valence-corrected chi connectivity index (χ1v) is 9.35. The number of aldehydes is 1. The van der Waals surface area contributed by atoms with Crippen molar-refractivity contribution >= 4 is 6.29 Å². The minimum atomic E-state index is -1.71. The highest BCUT2D eigenvalue weighted by molar-refractivity contribution is 5.61. The third kappa shape index (κ3) is 3.16. The van der Waals surface area contributed by atoms with Gasteiger partial charge in [0.05, 0.1) is 30.6 Å². The van der Waals surface area contributed by atoms with Gasteiger partial charge in [0.1, 0.15) is 17.6 Å². The Bertz CT molecular complexity index is 826. The number of rotatable bonds is 7. The normalized spacial score (nSPS) is 29.4. The minimum absolute atomic E-state index is 0.299. The maximum Gasteiger partial charge on any atom is 0.226 e. The van der Waals surface area contributed by atoms with Gasteiger partial charge in [-0.3, -0.25) is 15.1 Å². The highest BCUT2D eigenvalue weighted by Gasteiger charge is 2.66. The molecule has 1 aliphatic carbocycles. The first-order chi connectivity index (χ1) is 13.5. The fourth-order valence-corrected chi connectivity index (χ4v) is 4.60. The van der Waals surface area contributed by atoms with Gasteiger partial charge < -0.3 is 14.6 Å². The number of carbonyl (C=O) groups excluding carboxylic acids is 1. The average Bonchev–Trinajstić information content (AvgIpc) is 2.98. The van der Waals surface area contributed by atoms with Crippen molar-refractivity contribution in [3.05, 3.63) is 70.0 Å². The summed E-state index contributed by atoms with van der Waals surface area (Å²) in [7, 11) is 1.54. The molecule has 0 bridgehead atoms. The molecule has 1 heterocycles. The van der Waals surface area contributed by atoms with Gasteiger partial charge in [-0.2, -0.15) is 0 Å². The molecule has 28 heavy (non-hydrogen) atoms. The van der Waals surface area contributed by atoms with Gasteiger partial charge in [-0.05, 0) is 36.2 Å². The van der Waals surface area contributed by atoms with Crippen molar-refractivity contribution in [3.63, 3.8) is 0 Å². The zero-order valence-electron chi connectivity index (χ0n) is 15.9. The van der Waals surface area contributed by atoms with Crippen LogP contribution in [0.4, 0.5) is 0 Å². The van der Waals surface area contributed by atoms with Crippen molar-refractivity contribution in [2.24, 2.45) is 11.8 Å². The molecule has 1 aromatic carbocycles. The van der Waals surface area contributed by atoms with E-state index in [-0.39, 0.29) is 4.92 Å². The molecular formula is C21H24N2O5. The molecule has 0 amide bonds. The van der Waals surface area contributed by atoms with Crippen LogP contribution in [0.3, 0.4) is 0 Å². The third-order valence-corrected chi connectivity index (χ3v) is 5.81. The molecule has 1 aromatic heterocycles. The number of hydrogen-bond donors (Lipinski definition) is 1. The topological polar surface area (TPSA) is 103 Å². The van der Waals surface area contributed by atoms with E-state index in [9.17, 15) is 20.0 Å². The van der Waals surface area contributed by atoms with Gasteiger partial charge in [-0.15, -0.1) is 0 Å². The standard InChI is InChI=1S/C21H24N2O5/c1-3-6-16-20(23(26)27)19(14-8-10-15(28-2)11-9-14)17(13-24)21(16,25)18-7-4-5-12-22-18/h4-5,7-13,16-17,19-20,25H,3,6H2,1-2H3/t16-,17+,19+,20+,21-/m0/s1. The largest absolute Gasteiger partial charge is 0.497 e. The molecule has 0 spiro atoms. The van der Waals surface area contributed by atoms with E-state index in [1.807, 2.05) is 6.92 Å². The van der Waals surface area contributed by atoms with Crippen molar-refractivity contribution in [1.29, 1.82) is 0 Å². The molecular weight excluding hydrogens is 360 g/mol. The van der Waals surface area contributed by atoms with E-state index in [0.717, 1.165) is 0 Å². The van der Waals surface area contributed by atoms with E-state index < -0.39 is 29.4 Å². The summed E-state index contributed by atoms with van der Waals surface area (Å²) in [5, 5.41) is 23.8. The molecule has 7 heteroatoms. The lowest BCUT2D eigenvalue weighted by Crippen LogP contribution is -2.41. The highest BCUT2D eigenvalue weighted by Crippen LogP contribution is 2.56. The Balaban J connectivity index is 2.19. The van der Waals surface area contributed by atoms with E-state index in [2.05, 4.69) is 4.98 Å². The van der Waals surface area contributed by atoms with Gasteiger partial charge in [0.15, 0.2) is 0 Å². The van der Waals surface area contributed by atoms with Crippen molar-refractivity contribution in [2.45, 2.75) is 37.3 Å². The molecule has 3 rings (SSSR count). The number of ether oxygens (including phenoxy) is 1. The second kappa shape index (κ2) is 8.06. The predicted octanol–water partition coefficient (Wildman–Crippen LogP) is 2.95. The van der Waals surface area contributed by atoms with Crippen molar-refractivity contribution in [1.82, 2.24) is 4.98 Å². The summed E-state index contributed by atoms with van der Waals surface area (Å²) in [5.74, 6) is -1.86. The Kier molecular flexibility index (Phi) is 5.74. The summed E-state index contributed by atoms with van der Waals surface area (Å²) < 4.78 is 5.17. The molecule has 1 fully saturated rings. The number of aromatic nitrogens is 1. The summed E-state index contributed by atoms with van der Waals surface area (Å²) in [6.45, 7) is 1.91. The molecule has 1 N–H and O–H groups in total. The number of methoxy groups -OCH3 is 1. The Morgan fingerprint density at radius 2 is 2.00 bits per heavy atom. The average molecular weight is 384 g/mol. The van der Waals surface area contributed by atoms with Gasteiger partial charge in [-0.25, -0.2) is 0 Å². The zero-order valence-corrected chi connectivity index (χ0v) is 15.9. The quantitative estimate of drug-likeness (QED) is 0.447. The SMILES string of the molecule is CCC[C@H]1[C@@H]([N+](=O)[O-])[C@H](c2ccc(OC)cc2)[C@@H](C=O)[C@]1(O)c1ccccn1. The Hall–Kier alpha value is -2.80. The van der Waals surface area contributed by atoms with Crippen LogP contribution in [-0.4, -0.2) is 34.5 Å². The second-order valence-electron chi connectivity index (χ2n) is 7.17. The highest BCUT2D eigenvalue weighted by atomic mass is 16.6. The lowest BCUT2D eigenvalue weighted by atomic mass is 9.77. The van der Waals surface area contributed by atoms with Crippen LogP contribution in [0.25, 0.3) is 0 Å². The van der Waals surface area contributed by atoms with Crippen molar-refractivity contribution in [3.8, 4) is 5.75 Å². The summed E-state index contributed by atoms with van der Waals surface area (Å²) in [4.78, 5) is 28.2. The number of nitro groups is 1. The molecule has 7 nitrogen and oxygen atoms in total. The first-order valence-electron chi connectivity index (χ1n) is 9.35. The van der Waals surface area contributed by atoms with Crippen LogP contribution in [0.15, 0.2) is 48.7 Å². The summed E-state index contributed by atoms with van der Waals surface area (Å²) in [5.41, 5.74) is -0.776. The van der Waals surface area contributed by atoms with Gasteiger partial charge in [0, 0.05) is 11.1 Å². The zero-order chi connectivity index (χ0) is 20.3. The fraction of sp³-hybridized carbons (Fsp3) is 0.429. The maximum absolute atomic E-state index is 12.2. The van der Waals surface area contributed by atoms with E-state index in [4.69, 9.17) is 4.74 Å². The van der Waals surface area contributed by atoms with Crippen LogP contribution in [-0.2, 0) is 10.4 Å². The smallest absolute Gasteiger partial charge is 0.226 e. The molecule has 0 unspecified atom stereocenters. The van der Waals surface area contributed by atoms with E-state index in [1.165, 1.54) is 13.3 Å². The fourth-order valence-electron chi connectivity index (χ4n) is 4.60. The van der Waals surface area contributed by atoms with Crippen LogP contribution in [0.5, 0.6) is 5.75 Å². The number of carbonyl (C=O) groups is 1. The predicted molar refractivity (Wildman–Crippen MR) is 103 cm³/mol. The summed E-state index contributed by atoms with van der Waals surface area (Å²) >= 11 is 0. The third-order valence-electron chi connectivity index (χ3n) is 5.81. The number of benzene rings is 1. The summed E-state index contributed by atoms with van der Waals surface area (Å²) in [6, 6.07) is 10.8. The molecule has 148 valence electrons. The number of aliphatic hydroxyl groups is 1. The van der Waals surface area contributed by atoms with Crippen molar-refractivity contribution < 1.29 is 19.6 Å². The summed E-state index contributed by atoms with van der Waals surface area (Å²) in [6.07, 6.45) is 3.23.